The number of carbonyl (C=O) groups is 1. The van der Waals surface area contributed by atoms with Crippen molar-refractivity contribution >= 4 is 23.6 Å². The number of amides is 1. The first-order valence-corrected chi connectivity index (χ1v) is 8.62. The van der Waals surface area contributed by atoms with E-state index >= 15 is 0 Å². The number of aromatic nitrogens is 2. The maximum absolute atomic E-state index is 12.2. The summed E-state index contributed by atoms with van der Waals surface area (Å²) < 4.78 is 0. The molecule has 3 heterocycles. The third-order valence-corrected chi connectivity index (χ3v) is 4.98. The second-order valence-electron chi connectivity index (χ2n) is 5.40. The first kappa shape index (κ1) is 14.6. The van der Waals surface area contributed by atoms with Gasteiger partial charge in [0.15, 0.2) is 0 Å². The van der Waals surface area contributed by atoms with E-state index in [1.54, 1.807) is 12.4 Å². The second-order valence-corrected chi connectivity index (χ2v) is 6.55. The molecule has 0 saturated carbocycles. The summed E-state index contributed by atoms with van der Waals surface area (Å²) in [6.45, 7) is 2.70. The second kappa shape index (κ2) is 7.09. The molecule has 2 aliphatic heterocycles. The summed E-state index contributed by atoms with van der Waals surface area (Å²) in [5, 5.41) is 6.46. The predicted molar refractivity (Wildman–Crippen MR) is 84.5 cm³/mol. The van der Waals surface area contributed by atoms with Crippen LogP contribution in [0.1, 0.15) is 12.8 Å². The summed E-state index contributed by atoms with van der Waals surface area (Å²) in [6.07, 6.45) is 5.43. The maximum atomic E-state index is 12.2. The van der Waals surface area contributed by atoms with Crippen LogP contribution in [0.15, 0.2) is 18.5 Å². The molecule has 1 amide bonds. The van der Waals surface area contributed by atoms with Crippen LogP contribution in [-0.2, 0) is 4.79 Å². The number of piperidine rings is 1. The number of carbonyl (C=O) groups excluding carboxylic acids is 1. The summed E-state index contributed by atoms with van der Waals surface area (Å²) >= 11 is 1.84. The standard InChI is InChI=1S/C14H21N5OS/c20-13(12-10-21-9-6-15-12)18-11-2-7-19(8-3-11)14-16-4-1-5-17-14/h1,4-5,11-12,15H,2-3,6-10H2,(H,18,20). The van der Waals surface area contributed by atoms with Crippen LogP contribution in [0.5, 0.6) is 0 Å². The summed E-state index contributed by atoms with van der Waals surface area (Å²) in [5.41, 5.74) is 0. The molecular formula is C14H21N5OS. The highest BCUT2D eigenvalue weighted by Crippen LogP contribution is 2.16. The largest absolute Gasteiger partial charge is 0.352 e. The smallest absolute Gasteiger partial charge is 0.238 e. The maximum Gasteiger partial charge on any atom is 0.238 e. The average molecular weight is 307 g/mol. The van der Waals surface area contributed by atoms with Crippen molar-refractivity contribution in [3.05, 3.63) is 18.5 Å². The fourth-order valence-corrected chi connectivity index (χ4v) is 3.65. The number of anilines is 1. The zero-order valence-electron chi connectivity index (χ0n) is 12.0. The minimum Gasteiger partial charge on any atom is -0.352 e. The van der Waals surface area contributed by atoms with Gasteiger partial charge in [-0.3, -0.25) is 4.79 Å². The van der Waals surface area contributed by atoms with E-state index in [1.165, 1.54) is 0 Å². The molecular weight excluding hydrogens is 286 g/mol. The Morgan fingerprint density at radius 3 is 2.76 bits per heavy atom. The van der Waals surface area contributed by atoms with Gasteiger partial charge in [0.2, 0.25) is 11.9 Å². The Hall–Kier alpha value is -1.34. The van der Waals surface area contributed by atoms with Crippen molar-refractivity contribution in [2.75, 3.05) is 36.0 Å². The van der Waals surface area contributed by atoms with Gasteiger partial charge in [0.25, 0.3) is 0 Å². The van der Waals surface area contributed by atoms with Crippen LogP contribution in [0, 0.1) is 0 Å². The van der Waals surface area contributed by atoms with Crippen molar-refractivity contribution < 1.29 is 4.79 Å². The molecule has 0 radical (unpaired) electrons. The van der Waals surface area contributed by atoms with Crippen LogP contribution in [0.4, 0.5) is 5.95 Å². The Balaban J connectivity index is 1.46. The molecule has 1 unspecified atom stereocenters. The van der Waals surface area contributed by atoms with Crippen LogP contribution in [0.25, 0.3) is 0 Å². The van der Waals surface area contributed by atoms with Crippen LogP contribution >= 0.6 is 11.8 Å². The van der Waals surface area contributed by atoms with Gasteiger partial charge < -0.3 is 15.5 Å². The molecule has 7 heteroatoms. The van der Waals surface area contributed by atoms with Crippen molar-refractivity contribution in [1.82, 2.24) is 20.6 Å². The van der Waals surface area contributed by atoms with E-state index in [-0.39, 0.29) is 18.0 Å². The van der Waals surface area contributed by atoms with Crippen LogP contribution < -0.4 is 15.5 Å². The van der Waals surface area contributed by atoms with Crippen molar-refractivity contribution in [3.8, 4) is 0 Å². The molecule has 6 nitrogen and oxygen atoms in total. The van der Waals surface area contributed by atoms with Gasteiger partial charge in [0.05, 0.1) is 6.04 Å². The summed E-state index contributed by atoms with van der Waals surface area (Å²) in [7, 11) is 0. The molecule has 1 aromatic heterocycles. The van der Waals surface area contributed by atoms with E-state index < -0.39 is 0 Å². The number of hydrogen-bond donors (Lipinski definition) is 2. The summed E-state index contributed by atoms with van der Waals surface area (Å²) in [4.78, 5) is 22.9. The van der Waals surface area contributed by atoms with E-state index in [4.69, 9.17) is 0 Å². The fraction of sp³-hybridized carbons (Fsp3) is 0.643. The van der Waals surface area contributed by atoms with E-state index in [0.717, 1.165) is 49.9 Å². The Bertz CT molecular complexity index is 458. The molecule has 0 bridgehead atoms. The normalized spacial score (nSPS) is 23.8. The predicted octanol–water partition coefficient (Wildman–Crippen LogP) is 0.267. The molecule has 0 aliphatic carbocycles. The minimum atomic E-state index is -0.0285. The van der Waals surface area contributed by atoms with Gasteiger partial charge in [-0.05, 0) is 18.9 Å². The molecule has 114 valence electrons. The number of nitrogens with zero attached hydrogens (tertiary/aromatic N) is 3. The first-order valence-electron chi connectivity index (χ1n) is 7.46. The van der Waals surface area contributed by atoms with Crippen molar-refractivity contribution in [2.24, 2.45) is 0 Å². The highest BCUT2D eigenvalue weighted by atomic mass is 32.2. The lowest BCUT2D eigenvalue weighted by Crippen LogP contribution is -2.53. The highest BCUT2D eigenvalue weighted by molar-refractivity contribution is 7.99. The van der Waals surface area contributed by atoms with Gasteiger partial charge in [-0.15, -0.1) is 0 Å². The number of hydrogen-bond acceptors (Lipinski definition) is 6. The van der Waals surface area contributed by atoms with Gasteiger partial charge >= 0.3 is 0 Å². The molecule has 0 spiro atoms. The van der Waals surface area contributed by atoms with E-state index in [0.29, 0.717) is 0 Å². The van der Waals surface area contributed by atoms with Crippen LogP contribution in [0.2, 0.25) is 0 Å². The van der Waals surface area contributed by atoms with Crippen molar-refractivity contribution in [2.45, 2.75) is 24.9 Å². The van der Waals surface area contributed by atoms with Crippen LogP contribution in [-0.4, -0.2) is 59.1 Å². The number of thioether (sulfide) groups is 1. The van der Waals surface area contributed by atoms with E-state index in [2.05, 4.69) is 25.5 Å². The highest BCUT2D eigenvalue weighted by Gasteiger charge is 2.26. The topological polar surface area (TPSA) is 70.2 Å². The molecule has 21 heavy (non-hydrogen) atoms. The SMILES string of the molecule is O=C(NC1CCN(c2ncccn2)CC1)C1CSCCN1. The summed E-state index contributed by atoms with van der Waals surface area (Å²) in [6, 6.07) is 2.07. The van der Waals surface area contributed by atoms with E-state index in [9.17, 15) is 4.79 Å². The molecule has 1 aromatic rings. The third kappa shape index (κ3) is 3.85. The van der Waals surface area contributed by atoms with Crippen LogP contribution in [0.3, 0.4) is 0 Å². The first-order chi connectivity index (χ1) is 10.3. The Kier molecular flexibility index (Phi) is 4.92. The number of rotatable bonds is 3. The average Bonchev–Trinajstić information content (AvgIpc) is 2.57. The van der Waals surface area contributed by atoms with Gasteiger partial charge in [0.1, 0.15) is 0 Å². The zero-order chi connectivity index (χ0) is 14.5. The quantitative estimate of drug-likeness (QED) is 0.835. The minimum absolute atomic E-state index is 0.0285. The van der Waals surface area contributed by atoms with Gasteiger partial charge in [-0.25, -0.2) is 9.97 Å². The zero-order valence-corrected chi connectivity index (χ0v) is 12.8. The third-order valence-electron chi connectivity index (χ3n) is 3.91. The molecule has 3 rings (SSSR count). The summed E-state index contributed by atoms with van der Waals surface area (Å²) in [5.74, 6) is 2.91. The Morgan fingerprint density at radius 2 is 2.10 bits per heavy atom. The molecule has 0 aromatic carbocycles. The van der Waals surface area contributed by atoms with E-state index in [1.807, 2.05) is 17.8 Å². The lowest BCUT2D eigenvalue weighted by molar-refractivity contribution is -0.123. The Labute approximate surface area is 129 Å². The molecule has 2 fully saturated rings. The van der Waals surface area contributed by atoms with Crippen molar-refractivity contribution in [1.29, 1.82) is 0 Å². The Morgan fingerprint density at radius 1 is 1.33 bits per heavy atom. The molecule has 2 N–H and O–H groups in total. The van der Waals surface area contributed by atoms with Gasteiger partial charge in [-0.2, -0.15) is 11.8 Å². The molecule has 1 atom stereocenters. The molecule has 2 aliphatic rings. The monoisotopic (exact) mass is 307 g/mol. The fourth-order valence-electron chi connectivity index (χ4n) is 2.71. The molecule has 2 saturated heterocycles. The lowest BCUT2D eigenvalue weighted by atomic mass is 10.0. The lowest BCUT2D eigenvalue weighted by Gasteiger charge is -2.33. The van der Waals surface area contributed by atoms with Crippen molar-refractivity contribution in [3.63, 3.8) is 0 Å². The van der Waals surface area contributed by atoms with Gasteiger partial charge in [-0.1, -0.05) is 0 Å². The van der Waals surface area contributed by atoms with Gasteiger partial charge in [0, 0.05) is 49.6 Å². The number of nitrogens with one attached hydrogen (secondary N) is 2.